The molecule has 0 aliphatic carbocycles. The first-order chi connectivity index (χ1) is 20.3. The Balaban J connectivity index is 1.06. The molecule has 224 valence electrons. The van der Waals surface area contributed by atoms with Crippen molar-refractivity contribution in [2.45, 2.75) is 45.0 Å². The minimum absolute atomic E-state index is 0.354. The Morgan fingerprint density at radius 3 is 2.57 bits per heavy atom. The Kier molecular flexibility index (Phi) is 9.69. The van der Waals surface area contributed by atoms with E-state index in [1.165, 1.54) is 26.4 Å². The molecule has 42 heavy (non-hydrogen) atoms. The zero-order chi connectivity index (χ0) is 29.5. The predicted octanol–water partition coefficient (Wildman–Crippen LogP) is 6.43. The number of fused-ring (bicyclic) bond motifs is 2. The number of unbranched alkanes of at least 4 members (excludes halogenated alkanes) is 1. The van der Waals surface area contributed by atoms with E-state index in [4.69, 9.17) is 9.47 Å². The molecule has 0 bridgehead atoms. The summed E-state index contributed by atoms with van der Waals surface area (Å²) in [7, 11) is 0. The number of pyridine rings is 1. The summed E-state index contributed by atoms with van der Waals surface area (Å²) in [6.07, 6.45) is -4.21. The molecule has 0 N–H and O–H groups in total. The van der Waals surface area contributed by atoms with Crippen LogP contribution in [0.4, 0.5) is 18.9 Å². The lowest BCUT2D eigenvalue weighted by molar-refractivity contribution is -0.150. The normalized spacial score (nSPS) is 14.5. The third-order valence-electron chi connectivity index (χ3n) is 7.48. The molecule has 0 radical (unpaired) electrons. The summed E-state index contributed by atoms with van der Waals surface area (Å²) < 4.78 is 50.6. The van der Waals surface area contributed by atoms with Crippen molar-refractivity contribution in [1.82, 2.24) is 9.47 Å². The van der Waals surface area contributed by atoms with E-state index in [1.54, 1.807) is 23.5 Å². The van der Waals surface area contributed by atoms with E-state index in [2.05, 4.69) is 39.4 Å². The molecule has 2 aromatic heterocycles. The van der Waals surface area contributed by atoms with Crippen LogP contribution in [0, 0.1) is 0 Å². The molecule has 0 amide bonds. The minimum atomic E-state index is -4.32. The van der Waals surface area contributed by atoms with Crippen LogP contribution in [0.15, 0.2) is 64.8 Å². The number of thiophene rings is 1. The summed E-state index contributed by atoms with van der Waals surface area (Å²) in [6.45, 7) is 5.22. The van der Waals surface area contributed by atoms with Crippen LogP contribution in [0.2, 0.25) is 0 Å². The first-order valence-corrected chi connectivity index (χ1v) is 15.1. The van der Waals surface area contributed by atoms with Crippen LogP contribution in [0.5, 0.6) is 5.75 Å². The zero-order valence-electron chi connectivity index (χ0n) is 23.3. The quantitative estimate of drug-likeness (QED) is 0.138. The van der Waals surface area contributed by atoms with Crippen LogP contribution in [0.1, 0.15) is 32.1 Å². The van der Waals surface area contributed by atoms with Crippen molar-refractivity contribution >= 4 is 44.0 Å². The maximum atomic E-state index is 12.5. The van der Waals surface area contributed by atoms with Gasteiger partial charge in [0.15, 0.2) is 6.73 Å². The van der Waals surface area contributed by atoms with Crippen molar-refractivity contribution in [3.63, 3.8) is 0 Å². The Hall–Kier alpha value is -3.57. The number of carbonyl (C=O) groups is 1. The van der Waals surface area contributed by atoms with Gasteiger partial charge in [-0.1, -0.05) is 6.07 Å². The summed E-state index contributed by atoms with van der Waals surface area (Å²) in [5.41, 5.74) is 1.47. The molecule has 5 rings (SSSR count). The zero-order valence-corrected chi connectivity index (χ0v) is 24.1. The van der Waals surface area contributed by atoms with E-state index in [9.17, 15) is 22.8 Å². The minimum Gasteiger partial charge on any atom is -0.494 e. The maximum absolute atomic E-state index is 12.5. The largest absolute Gasteiger partial charge is 0.494 e. The van der Waals surface area contributed by atoms with Gasteiger partial charge in [-0.2, -0.15) is 13.2 Å². The molecule has 2 aromatic carbocycles. The predicted molar refractivity (Wildman–Crippen MR) is 159 cm³/mol. The van der Waals surface area contributed by atoms with E-state index in [0.29, 0.717) is 17.9 Å². The van der Waals surface area contributed by atoms with E-state index in [1.807, 2.05) is 12.1 Å². The number of alkyl halides is 3. The lowest BCUT2D eigenvalue weighted by Crippen LogP contribution is -2.46. The van der Waals surface area contributed by atoms with Gasteiger partial charge in [0.05, 0.1) is 12.1 Å². The van der Waals surface area contributed by atoms with Crippen LogP contribution in [-0.2, 0) is 16.3 Å². The van der Waals surface area contributed by atoms with Crippen LogP contribution in [0.25, 0.3) is 21.0 Å². The number of aromatic nitrogens is 1. The summed E-state index contributed by atoms with van der Waals surface area (Å²) in [6, 6.07) is 17.1. The fourth-order valence-electron chi connectivity index (χ4n) is 5.23. The molecule has 1 aliphatic rings. The smallest absolute Gasteiger partial charge is 0.389 e. The van der Waals surface area contributed by atoms with Crippen molar-refractivity contribution in [2.75, 3.05) is 44.2 Å². The second-order valence-corrected chi connectivity index (χ2v) is 11.4. The van der Waals surface area contributed by atoms with Crippen molar-refractivity contribution in [1.29, 1.82) is 0 Å². The van der Waals surface area contributed by atoms with Gasteiger partial charge < -0.3 is 14.4 Å². The molecule has 11 heteroatoms. The van der Waals surface area contributed by atoms with E-state index in [-0.39, 0.29) is 25.1 Å². The van der Waals surface area contributed by atoms with Crippen LogP contribution >= 0.6 is 11.3 Å². The van der Waals surface area contributed by atoms with E-state index < -0.39 is 18.6 Å². The van der Waals surface area contributed by atoms with Gasteiger partial charge in [-0.15, -0.1) is 11.3 Å². The van der Waals surface area contributed by atoms with Gasteiger partial charge >= 0.3 is 12.1 Å². The molecule has 3 heterocycles. The molecule has 0 spiro atoms. The average molecular weight is 602 g/mol. The fraction of sp³-hybridized carbons (Fsp3) is 0.419. The number of rotatable bonds is 12. The summed E-state index contributed by atoms with van der Waals surface area (Å²) in [5.74, 6) is -0.189. The van der Waals surface area contributed by atoms with Gasteiger partial charge in [0.25, 0.3) is 5.56 Å². The number of nitrogens with zero attached hydrogens (tertiary/aromatic N) is 3. The Labute approximate surface area is 246 Å². The van der Waals surface area contributed by atoms with Crippen molar-refractivity contribution in [3.8, 4) is 5.75 Å². The highest BCUT2D eigenvalue weighted by atomic mass is 32.1. The number of benzene rings is 2. The molecule has 0 saturated carbocycles. The molecule has 1 saturated heterocycles. The number of esters is 1. The number of ether oxygens (including phenoxy) is 2. The Morgan fingerprint density at radius 2 is 1.76 bits per heavy atom. The standard InChI is InChI=1S/C31H34F3N3O4S/c32-31(33,34)13-4-7-30(39)41-22-37-27-21-24(10-8-23(27)9-11-29(37)38)40-19-2-1-14-35-15-17-36(18-16-35)26-5-3-6-28-25(26)12-20-42-28/h3,5-6,8-12,20-21H,1-2,4,7,13-19,22H2. The SMILES string of the molecule is O=C(CCCC(F)(F)F)OCn1c(=O)ccc2ccc(OCCCCN3CCN(c4cccc5sccc45)CC3)cc21. The number of hydrogen-bond donors (Lipinski definition) is 0. The molecule has 1 fully saturated rings. The van der Waals surface area contributed by atoms with Gasteiger partial charge in [-0.3, -0.25) is 19.1 Å². The highest BCUT2D eigenvalue weighted by Gasteiger charge is 2.26. The Morgan fingerprint density at radius 1 is 0.952 bits per heavy atom. The lowest BCUT2D eigenvalue weighted by atomic mass is 10.2. The van der Waals surface area contributed by atoms with Gasteiger partial charge in [0.1, 0.15) is 5.75 Å². The van der Waals surface area contributed by atoms with E-state index in [0.717, 1.165) is 51.0 Å². The van der Waals surface area contributed by atoms with Crippen molar-refractivity contribution in [3.05, 3.63) is 70.3 Å². The topological polar surface area (TPSA) is 64.0 Å². The van der Waals surface area contributed by atoms with Gasteiger partial charge in [-0.05, 0) is 73.0 Å². The monoisotopic (exact) mass is 601 g/mol. The van der Waals surface area contributed by atoms with Crippen LogP contribution in [0.3, 0.4) is 0 Å². The molecular formula is C31H34F3N3O4S. The Bertz CT molecular complexity index is 1560. The summed E-state index contributed by atoms with van der Waals surface area (Å²) in [5, 5.41) is 4.24. The van der Waals surface area contributed by atoms with E-state index >= 15 is 0 Å². The molecule has 1 aliphatic heterocycles. The third-order valence-corrected chi connectivity index (χ3v) is 8.37. The number of hydrogen-bond acceptors (Lipinski definition) is 7. The number of anilines is 1. The maximum Gasteiger partial charge on any atom is 0.389 e. The molecule has 7 nitrogen and oxygen atoms in total. The fourth-order valence-corrected chi connectivity index (χ4v) is 6.03. The van der Waals surface area contributed by atoms with Crippen molar-refractivity contribution < 1.29 is 27.4 Å². The first kappa shape index (κ1) is 29.9. The van der Waals surface area contributed by atoms with Gasteiger partial charge in [-0.25, -0.2) is 0 Å². The van der Waals surface area contributed by atoms with Crippen LogP contribution in [-0.4, -0.2) is 60.9 Å². The summed E-state index contributed by atoms with van der Waals surface area (Å²) in [4.78, 5) is 29.4. The molecule has 0 unspecified atom stereocenters. The number of piperazine rings is 1. The molecule has 0 atom stereocenters. The average Bonchev–Trinajstić information content (AvgIpc) is 3.45. The highest BCUT2D eigenvalue weighted by Crippen LogP contribution is 2.31. The summed E-state index contributed by atoms with van der Waals surface area (Å²) >= 11 is 1.78. The second-order valence-electron chi connectivity index (χ2n) is 10.4. The van der Waals surface area contributed by atoms with Crippen molar-refractivity contribution in [2.24, 2.45) is 0 Å². The van der Waals surface area contributed by atoms with Gasteiger partial charge in [0, 0.05) is 66.9 Å². The second kappa shape index (κ2) is 13.6. The lowest BCUT2D eigenvalue weighted by Gasteiger charge is -2.36. The number of halogens is 3. The highest BCUT2D eigenvalue weighted by molar-refractivity contribution is 7.17. The third kappa shape index (κ3) is 7.83. The molecule has 4 aromatic rings. The number of carbonyl (C=O) groups excluding carboxylic acids is 1. The first-order valence-electron chi connectivity index (χ1n) is 14.2. The van der Waals surface area contributed by atoms with Crippen LogP contribution < -0.4 is 15.2 Å². The van der Waals surface area contributed by atoms with Gasteiger partial charge in [0.2, 0.25) is 0 Å². The molecular weight excluding hydrogens is 567 g/mol.